The Morgan fingerprint density at radius 3 is 2.57 bits per heavy atom. The molecule has 0 aliphatic carbocycles. The second-order valence-corrected chi connectivity index (χ2v) is 3.13. The minimum Gasteiger partial charge on any atom is -0.394 e. The summed E-state index contributed by atoms with van der Waals surface area (Å²) in [4.78, 5) is 0. The van der Waals surface area contributed by atoms with Gasteiger partial charge in [0.2, 0.25) is 0 Å². The first-order valence-electron chi connectivity index (χ1n) is 4.82. The van der Waals surface area contributed by atoms with Gasteiger partial charge in [0, 0.05) is 12.2 Å². The van der Waals surface area contributed by atoms with E-state index in [1.165, 1.54) is 5.56 Å². The predicted octanol–water partition coefficient (Wildman–Crippen LogP) is 1.42. The van der Waals surface area contributed by atoms with Crippen LogP contribution in [0.1, 0.15) is 5.56 Å². The fraction of sp³-hybridized carbons (Fsp3) is 0.455. The van der Waals surface area contributed by atoms with Gasteiger partial charge in [0.15, 0.2) is 0 Å². The molecule has 0 radical (unpaired) electrons. The summed E-state index contributed by atoms with van der Waals surface area (Å²) in [6, 6.07) is 8.22. The van der Waals surface area contributed by atoms with Gasteiger partial charge in [-0.2, -0.15) is 0 Å². The fourth-order valence-corrected chi connectivity index (χ4v) is 1.11. The van der Waals surface area contributed by atoms with E-state index in [1.807, 2.05) is 12.1 Å². The van der Waals surface area contributed by atoms with Crippen molar-refractivity contribution in [3.05, 3.63) is 29.8 Å². The van der Waals surface area contributed by atoms with E-state index in [2.05, 4.69) is 24.4 Å². The maximum absolute atomic E-state index is 8.47. The molecule has 0 spiro atoms. The zero-order chi connectivity index (χ0) is 10.2. The quantitative estimate of drug-likeness (QED) is 0.674. The third-order valence-corrected chi connectivity index (χ3v) is 1.86. The Morgan fingerprint density at radius 1 is 1.21 bits per heavy atom. The molecule has 0 atom stereocenters. The van der Waals surface area contributed by atoms with Gasteiger partial charge in [-0.25, -0.2) is 0 Å². The van der Waals surface area contributed by atoms with Crippen molar-refractivity contribution < 1.29 is 9.84 Å². The molecule has 0 bridgehead atoms. The average Bonchev–Trinajstić information content (AvgIpc) is 2.21. The third kappa shape index (κ3) is 4.25. The molecule has 0 saturated heterocycles. The van der Waals surface area contributed by atoms with E-state index in [0.717, 1.165) is 12.2 Å². The highest BCUT2D eigenvalue weighted by Crippen LogP contribution is 2.07. The van der Waals surface area contributed by atoms with Gasteiger partial charge in [0.05, 0.1) is 19.8 Å². The van der Waals surface area contributed by atoms with Crippen LogP contribution in [0.25, 0.3) is 0 Å². The molecule has 1 rings (SSSR count). The van der Waals surface area contributed by atoms with Gasteiger partial charge in [-0.3, -0.25) is 0 Å². The highest BCUT2D eigenvalue weighted by molar-refractivity contribution is 5.44. The Morgan fingerprint density at radius 2 is 1.93 bits per heavy atom. The SMILES string of the molecule is Cc1ccc(NCCOCCO)cc1. The number of nitrogens with one attached hydrogen (secondary N) is 1. The summed E-state index contributed by atoms with van der Waals surface area (Å²) >= 11 is 0. The molecule has 0 aliphatic heterocycles. The fourth-order valence-electron chi connectivity index (χ4n) is 1.11. The van der Waals surface area contributed by atoms with Crippen LogP contribution >= 0.6 is 0 Å². The molecule has 0 heterocycles. The molecule has 2 N–H and O–H groups in total. The van der Waals surface area contributed by atoms with E-state index in [0.29, 0.717) is 13.2 Å². The lowest BCUT2D eigenvalue weighted by molar-refractivity contribution is 0.0992. The Balaban J connectivity index is 2.15. The van der Waals surface area contributed by atoms with Gasteiger partial charge in [-0.05, 0) is 19.1 Å². The molecule has 0 unspecified atom stereocenters. The van der Waals surface area contributed by atoms with Gasteiger partial charge in [0.1, 0.15) is 0 Å². The van der Waals surface area contributed by atoms with Crippen molar-refractivity contribution in [2.24, 2.45) is 0 Å². The highest BCUT2D eigenvalue weighted by atomic mass is 16.5. The van der Waals surface area contributed by atoms with Crippen molar-refractivity contribution in [3.63, 3.8) is 0 Å². The van der Waals surface area contributed by atoms with E-state index in [-0.39, 0.29) is 6.61 Å². The van der Waals surface area contributed by atoms with E-state index in [9.17, 15) is 0 Å². The zero-order valence-corrected chi connectivity index (χ0v) is 8.49. The average molecular weight is 195 g/mol. The van der Waals surface area contributed by atoms with Crippen LogP contribution < -0.4 is 5.32 Å². The maximum Gasteiger partial charge on any atom is 0.0698 e. The van der Waals surface area contributed by atoms with Crippen molar-refractivity contribution >= 4 is 5.69 Å². The molecule has 0 saturated carbocycles. The highest BCUT2D eigenvalue weighted by Gasteiger charge is 1.90. The number of hydrogen-bond donors (Lipinski definition) is 2. The number of aliphatic hydroxyl groups excluding tert-OH is 1. The summed E-state index contributed by atoms with van der Waals surface area (Å²) in [5, 5.41) is 11.7. The van der Waals surface area contributed by atoms with Crippen molar-refractivity contribution in [1.29, 1.82) is 0 Å². The summed E-state index contributed by atoms with van der Waals surface area (Å²) < 4.78 is 5.12. The Hall–Kier alpha value is -1.06. The second-order valence-electron chi connectivity index (χ2n) is 3.13. The predicted molar refractivity (Wildman–Crippen MR) is 57.6 cm³/mol. The molecule has 0 fully saturated rings. The number of aryl methyl sites for hydroxylation is 1. The molecule has 14 heavy (non-hydrogen) atoms. The van der Waals surface area contributed by atoms with Crippen LogP contribution in [-0.4, -0.2) is 31.5 Å². The van der Waals surface area contributed by atoms with E-state index >= 15 is 0 Å². The van der Waals surface area contributed by atoms with E-state index in [1.54, 1.807) is 0 Å². The number of ether oxygens (including phenoxy) is 1. The van der Waals surface area contributed by atoms with Crippen LogP contribution in [0.15, 0.2) is 24.3 Å². The summed E-state index contributed by atoms with van der Waals surface area (Å²) in [5.41, 5.74) is 2.36. The molecule has 0 amide bonds. The lowest BCUT2D eigenvalue weighted by Gasteiger charge is -2.06. The number of benzene rings is 1. The molecule has 1 aromatic rings. The van der Waals surface area contributed by atoms with Crippen LogP contribution in [0.5, 0.6) is 0 Å². The molecular formula is C11H17NO2. The minimum absolute atomic E-state index is 0.0878. The van der Waals surface area contributed by atoms with E-state index < -0.39 is 0 Å². The van der Waals surface area contributed by atoms with Gasteiger partial charge >= 0.3 is 0 Å². The molecule has 1 aromatic carbocycles. The molecule has 0 aliphatic rings. The van der Waals surface area contributed by atoms with E-state index in [4.69, 9.17) is 9.84 Å². The summed E-state index contributed by atoms with van der Waals surface area (Å²) in [6.45, 7) is 3.95. The number of anilines is 1. The molecule has 0 aromatic heterocycles. The van der Waals surface area contributed by atoms with Gasteiger partial charge in [0.25, 0.3) is 0 Å². The van der Waals surface area contributed by atoms with Crippen molar-refractivity contribution in [2.45, 2.75) is 6.92 Å². The molecule has 3 nitrogen and oxygen atoms in total. The van der Waals surface area contributed by atoms with Crippen LogP contribution in [0.3, 0.4) is 0 Å². The summed E-state index contributed by atoms with van der Waals surface area (Å²) in [6.07, 6.45) is 0. The minimum atomic E-state index is 0.0878. The van der Waals surface area contributed by atoms with Crippen molar-refractivity contribution in [2.75, 3.05) is 31.7 Å². The first-order valence-corrected chi connectivity index (χ1v) is 4.82. The monoisotopic (exact) mass is 195 g/mol. The first kappa shape index (κ1) is 11.0. The number of aliphatic hydroxyl groups is 1. The van der Waals surface area contributed by atoms with Gasteiger partial charge in [-0.15, -0.1) is 0 Å². The van der Waals surface area contributed by atoms with Gasteiger partial charge in [-0.1, -0.05) is 17.7 Å². The largest absolute Gasteiger partial charge is 0.394 e. The molecular weight excluding hydrogens is 178 g/mol. The lowest BCUT2D eigenvalue weighted by Crippen LogP contribution is -2.11. The molecule has 78 valence electrons. The van der Waals surface area contributed by atoms with Gasteiger partial charge < -0.3 is 15.2 Å². The Kier molecular flexibility index (Phi) is 5.04. The number of hydrogen-bond acceptors (Lipinski definition) is 3. The van der Waals surface area contributed by atoms with Crippen LogP contribution in [-0.2, 0) is 4.74 Å². The maximum atomic E-state index is 8.47. The normalized spacial score (nSPS) is 10.1. The third-order valence-electron chi connectivity index (χ3n) is 1.86. The van der Waals surface area contributed by atoms with Crippen molar-refractivity contribution in [1.82, 2.24) is 0 Å². The second kappa shape index (κ2) is 6.40. The standard InChI is InChI=1S/C11H17NO2/c1-10-2-4-11(5-3-10)12-6-8-14-9-7-13/h2-5,12-13H,6-9H2,1H3. The van der Waals surface area contributed by atoms with Crippen LogP contribution in [0, 0.1) is 6.92 Å². The van der Waals surface area contributed by atoms with Crippen LogP contribution in [0.2, 0.25) is 0 Å². The molecule has 3 heteroatoms. The summed E-state index contributed by atoms with van der Waals surface area (Å²) in [7, 11) is 0. The smallest absolute Gasteiger partial charge is 0.0698 e. The Bertz CT molecular complexity index is 246. The first-order chi connectivity index (χ1) is 6.83. The summed E-state index contributed by atoms with van der Waals surface area (Å²) in [5.74, 6) is 0. The van der Waals surface area contributed by atoms with Crippen LogP contribution in [0.4, 0.5) is 5.69 Å². The zero-order valence-electron chi connectivity index (χ0n) is 8.49. The van der Waals surface area contributed by atoms with Crippen molar-refractivity contribution in [3.8, 4) is 0 Å². The topological polar surface area (TPSA) is 41.5 Å². The Labute approximate surface area is 84.7 Å². The lowest BCUT2D eigenvalue weighted by atomic mass is 10.2. The number of rotatable bonds is 6.